The molecule has 0 N–H and O–H groups in total. The summed E-state index contributed by atoms with van der Waals surface area (Å²) in [7, 11) is -0.775. The minimum absolute atomic E-state index is 0.0172. The fraction of sp³-hybridized carbons (Fsp3) is 0.231. The number of alkyl halides is 2. The van der Waals surface area contributed by atoms with Crippen LogP contribution in [0, 0.1) is 0 Å². The van der Waals surface area contributed by atoms with Crippen LogP contribution in [0.2, 0.25) is 0 Å². The highest BCUT2D eigenvalue weighted by Gasteiger charge is 2.41. The lowest BCUT2D eigenvalue weighted by molar-refractivity contribution is -0.0403. The monoisotopic (exact) mass is 264 g/mol. The van der Waals surface area contributed by atoms with E-state index in [4.69, 9.17) is 14.0 Å². The Balaban J connectivity index is 1.97. The molecule has 2 aliphatic rings. The number of fused-ring (bicyclic) bond motifs is 1. The van der Waals surface area contributed by atoms with Gasteiger partial charge in [-0.15, -0.1) is 0 Å². The second kappa shape index (κ2) is 4.01. The van der Waals surface area contributed by atoms with Crippen LogP contribution in [0.3, 0.4) is 0 Å². The molecular formula is C13H11BF2O3. The third kappa shape index (κ3) is 1.97. The number of hydrogen-bond acceptors (Lipinski definition) is 3. The van der Waals surface area contributed by atoms with Crippen LogP contribution in [-0.2, 0) is 15.2 Å². The lowest BCUT2D eigenvalue weighted by atomic mass is 9.77. The highest BCUT2D eigenvalue weighted by atomic mass is 19.3. The maximum Gasteiger partial charge on any atom is 0.632 e. The van der Waals surface area contributed by atoms with E-state index in [1.165, 1.54) is 12.1 Å². The van der Waals surface area contributed by atoms with Gasteiger partial charge in [-0.25, -0.2) is 8.78 Å². The molecule has 0 bridgehead atoms. The summed E-state index contributed by atoms with van der Waals surface area (Å²) in [5.74, 6) is -2.07. The molecule has 3 nitrogen and oxygen atoms in total. The molecule has 0 aliphatic carbocycles. The van der Waals surface area contributed by atoms with Crippen molar-refractivity contribution in [3.8, 4) is 5.75 Å². The van der Waals surface area contributed by atoms with Gasteiger partial charge in [0.2, 0.25) is 0 Å². The minimum Gasteiger partial charge on any atom is -0.520 e. The smallest absolute Gasteiger partial charge is 0.520 e. The van der Waals surface area contributed by atoms with Gasteiger partial charge in [0.1, 0.15) is 17.3 Å². The summed E-state index contributed by atoms with van der Waals surface area (Å²) in [5.41, 5.74) is 0.357. The predicted molar refractivity (Wildman–Crippen MR) is 66.3 cm³/mol. The van der Waals surface area contributed by atoms with Gasteiger partial charge >= 0.3 is 7.12 Å². The molecule has 1 fully saturated rings. The molecule has 1 saturated heterocycles. The largest absolute Gasteiger partial charge is 0.632 e. The third-order valence-electron chi connectivity index (χ3n) is 3.15. The van der Waals surface area contributed by atoms with Gasteiger partial charge in [0.25, 0.3) is 5.92 Å². The Hall–Kier alpha value is -1.98. The first-order chi connectivity index (χ1) is 8.97. The van der Waals surface area contributed by atoms with Gasteiger partial charge in [-0.3, -0.25) is 0 Å². The van der Waals surface area contributed by atoms with E-state index < -0.39 is 13.0 Å². The highest BCUT2D eigenvalue weighted by molar-refractivity contribution is 6.62. The molecule has 1 aromatic rings. The fourth-order valence-corrected chi connectivity index (χ4v) is 2.08. The molecule has 2 aliphatic heterocycles. The number of benzene rings is 1. The van der Waals surface area contributed by atoms with Gasteiger partial charge in [0.15, 0.2) is 0 Å². The van der Waals surface area contributed by atoms with Crippen molar-refractivity contribution < 1.29 is 22.8 Å². The zero-order valence-electron chi connectivity index (χ0n) is 10.1. The quantitative estimate of drug-likeness (QED) is 0.728. The standard InChI is InChI=1S/C13H11BF2O3/c1-8-9(2)19-14(18-8)10-3-4-12-11(7-10)13(15,16)5-6-17-12/h3-4,7H,1-2,5-6H2. The second-order valence-corrected chi connectivity index (χ2v) is 4.47. The van der Waals surface area contributed by atoms with E-state index in [1.807, 2.05) is 0 Å². The van der Waals surface area contributed by atoms with E-state index in [2.05, 4.69) is 13.2 Å². The Bertz CT molecular complexity index is 555. The van der Waals surface area contributed by atoms with Crippen LogP contribution < -0.4 is 10.2 Å². The molecule has 0 aromatic heterocycles. The van der Waals surface area contributed by atoms with E-state index >= 15 is 0 Å². The zero-order valence-corrected chi connectivity index (χ0v) is 10.1. The average Bonchev–Trinajstić information content (AvgIpc) is 2.69. The zero-order chi connectivity index (χ0) is 13.6. The highest BCUT2D eigenvalue weighted by Crippen LogP contribution is 2.40. The first kappa shape index (κ1) is 12.1. The maximum absolute atomic E-state index is 13.8. The van der Waals surface area contributed by atoms with Crippen molar-refractivity contribution in [2.75, 3.05) is 6.61 Å². The van der Waals surface area contributed by atoms with Crippen molar-refractivity contribution in [3.05, 3.63) is 48.4 Å². The predicted octanol–water partition coefficient (Wildman–Crippen LogP) is 2.33. The molecule has 2 heterocycles. The van der Waals surface area contributed by atoms with Crippen LogP contribution in [0.1, 0.15) is 12.0 Å². The van der Waals surface area contributed by atoms with Gasteiger partial charge in [-0.2, -0.15) is 0 Å². The van der Waals surface area contributed by atoms with E-state index in [0.29, 0.717) is 17.0 Å². The fourth-order valence-electron chi connectivity index (χ4n) is 2.08. The molecule has 6 heteroatoms. The van der Waals surface area contributed by atoms with Crippen LogP contribution in [0.5, 0.6) is 5.75 Å². The van der Waals surface area contributed by atoms with Gasteiger partial charge in [0.05, 0.1) is 18.6 Å². The summed E-state index contributed by atoms with van der Waals surface area (Å²) < 4.78 is 43.5. The van der Waals surface area contributed by atoms with Crippen molar-refractivity contribution in [3.63, 3.8) is 0 Å². The van der Waals surface area contributed by atoms with Gasteiger partial charge in [0, 0.05) is 5.46 Å². The molecule has 1 aromatic carbocycles. The molecule has 19 heavy (non-hydrogen) atoms. The Morgan fingerprint density at radius 2 is 1.84 bits per heavy atom. The van der Waals surface area contributed by atoms with Crippen LogP contribution in [-0.4, -0.2) is 13.7 Å². The molecule has 0 spiro atoms. The average molecular weight is 264 g/mol. The summed E-state index contributed by atoms with van der Waals surface area (Å²) in [4.78, 5) is 0. The number of halogens is 2. The summed E-state index contributed by atoms with van der Waals surface area (Å²) in [6.45, 7) is 7.23. The normalized spacial score (nSPS) is 20.4. The Kier molecular flexibility index (Phi) is 2.55. The van der Waals surface area contributed by atoms with Crippen molar-refractivity contribution in [1.29, 1.82) is 0 Å². The third-order valence-corrected chi connectivity index (χ3v) is 3.15. The van der Waals surface area contributed by atoms with Crippen LogP contribution >= 0.6 is 0 Å². The molecule has 0 saturated carbocycles. The summed E-state index contributed by atoms with van der Waals surface area (Å²) in [6, 6.07) is 4.50. The topological polar surface area (TPSA) is 27.7 Å². The van der Waals surface area contributed by atoms with Crippen molar-refractivity contribution in [2.45, 2.75) is 12.3 Å². The minimum atomic E-state index is -2.89. The van der Waals surface area contributed by atoms with Gasteiger partial charge in [-0.1, -0.05) is 19.2 Å². The Labute approximate surface area is 109 Å². The molecule has 3 rings (SSSR count). The summed E-state index contributed by atoms with van der Waals surface area (Å²) in [5, 5.41) is 0. The molecule has 0 radical (unpaired) electrons. The Morgan fingerprint density at radius 3 is 2.53 bits per heavy atom. The van der Waals surface area contributed by atoms with E-state index in [9.17, 15) is 8.78 Å². The SMILES string of the molecule is C=C1OB(c2ccc3c(c2)C(F)(F)CCO3)OC1=C. The van der Waals surface area contributed by atoms with E-state index in [0.717, 1.165) is 0 Å². The second-order valence-electron chi connectivity index (χ2n) is 4.47. The van der Waals surface area contributed by atoms with Crippen molar-refractivity contribution in [2.24, 2.45) is 0 Å². The number of ether oxygens (including phenoxy) is 1. The molecule has 0 unspecified atom stereocenters. The molecule has 98 valence electrons. The molecular weight excluding hydrogens is 253 g/mol. The van der Waals surface area contributed by atoms with E-state index in [1.54, 1.807) is 6.07 Å². The maximum atomic E-state index is 13.8. The molecule has 0 amide bonds. The van der Waals surface area contributed by atoms with Crippen molar-refractivity contribution >= 4 is 12.6 Å². The van der Waals surface area contributed by atoms with Gasteiger partial charge in [-0.05, 0) is 12.1 Å². The van der Waals surface area contributed by atoms with Crippen LogP contribution in [0.15, 0.2) is 42.9 Å². The lowest BCUT2D eigenvalue weighted by Gasteiger charge is -2.26. The lowest BCUT2D eigenvalue weighted by Crippen LogP contribution is -2.34. The van der Waals surface area contributed by atoms with E-state index in [-0.39, 0.29) is 24.3 Å². The van der Waals surface area contributed by atoms with Crippen molar-refractivity contribution in [1.82, 2.24) is 0 Å². The first-order valence-corrected chi connectivity index (χ1v) is 5.84. The van der Waals surface area contributed by atoms with Gasteiger partial charge < -0.3 is 14.0 Å². The number of hydrogen-bond donors (Lipinski definition) is 0. The first-order valence-electron chi connectivity index (χ1n) is 5.84. The Morgan fingerprint density at radius 1 is 1.16 bits per heavy atom. The summed E-state index contributed by atoms with van der Waals surface area (Å²) >= 11 is 0. The number of rotatable bonds is 1. The summed E-state index contributed by atoms with van der Waals surface area (Å²) in [6.07, 6.45) is -0.324. The van der Waals surface area contributed by atoms with Crippen LogP contribution in [0.4, 0.5) is 8.78 Å². The van der Waals surface area contributed by atoms with Crippen LogP contribution in [0.25, 0.3) is 0 Å². The molecule has 0 atom stereocenters.